The van der Waals surface area contributed by atoms with Crippen LogP contribution in [0.25, 0.3) is 17.0 Å². The van der Waals surface area contributed by atoms with Crippen LogP contribution in [0.1, 0.15) is 5.56 Å². The van der Waals surface area contributed by atoms with Crippen LogP contribution in [0.2, 0.25) is 0 Å². The summed E-state index contributed by atoms with van der Waals surface area (Å²) in [5.74, 6) is 0.676. The van der Waals surface area contributed by atoms with Crippen LogP contribution in [0, 0.1) is 0 Å². The number of hydrogen-bond acceptors (Lipinski definition) is 3. The lowest BCUT2D eigenvalue weighted by Crippen LogP contribution is -1.96. The Labute approximate surface area is 122 Å². The van der Waals surface area contributed by atoms with Crippen LogP contribution in [0.5, 0.6) is 5.75 Å². The maximum absolute atomic E-state index is 11.2. The van der Waals surface area contributed by atoms with Crippen molar-refractivity contribution in [2.24, 2.45) is 0 Å². The van der Waals surface area contributed by atoms with Gasteiger partial charge in [0.2, 0.25) is 0 Å². The maximum atomic E-state index is 11.2. The third kappa shape index (κ3) is 3.39. The van der Waals surface area contributed by atoms with Gasteiger partial charge in [-0.25, -0.2) is 4.79 Å². The topological polar surface area (TPSA) is 39.4 Å². The molecule has 0 fully saturated rings. The van der Waals surface area contributed by atoms with E-state index in [1.807, 2.05) is 54.6 Å². The molecule has 1 aromatic heterocycles. The van der Waals surface area contributed by atoms with Crippen molar-refractivity contribution >= 4 is 17.0 Å². The minimum absolute atomic E-state index is 0.358. The van der Waals surface area contributed by atoms with Gasteiger partial charge < -0.3 is 9.15 Å². The summed E-state index contributed by atoms with van der Waals surface area (Å²) in [7, 11) is 0. The van der Waals surface area contributed by atoms with Crippen LogP contribution in [-0.2, 0) is 0 Å². The zero-order chi connectivity index (χ0) is 14.5. The Kier molecular flexibility index (Phi) is 3.83. The zero-order valence-electron chi connectivity index (χ0n) is 11.4. The molecule has 21 heavy (non-hydrogen) atoms. The number of hydrogen-bond donors (Lipinski definition) is 0. The first-order chi connectivity index (χ1) is 10.3. The number of benzene rings is 2. The first-order valence-corrected chi connectivity index (χ1v) is 6.69. The Balaban J connectivity index is 1.68. The minimum Gasteiger partial charge on any atom is -0.489 e. The molecule has 2 aromatic carbocycles. The predicted octanol–water partition coefficient (Wildman–Crippen LogP) is 3.89. The standard InChI is InChI=1S/C18H14O3/c19-18-11-9-15-8-10-16(13-17(15)21-18)20-12-4-7-14-5-2-1-3-6-14/h1-11,13H,12H2/b7-4+. The van der Waals surface area contributed by atoms with Gasteiger partial charge in [0.1, 0.15) is 17.9 Å². The van der Waals surface area contributed by atoms with Crippen LogP contribution >= 0.6 is 0 Å². The van der Waals surface area contributed by atoms with Crippen molar-refractivity contribution in [1.29, 1.82) is 0 Å². The summed E-state index contributed by atoms with van der Waals surface area (Å²) in [6.07, 6.45) is 3.95. The van der Waals surface area contributed by atoms with E-state index < -0.39 is 0 Å². The lowest BCUT2D eigenvalue weighted by molar-refractivity contribution is 0.363. The fourth-order valence-electron chi connectivity index (χ4n) is 2.02. The van der Waals surface area contributed by atoms with Gasteiger partial charge in [-0.3, -0.25) is 0 Å². The van der Waals surface area contributed by atoms with Gasteiger partial charge in [0, 0.05) is 17.5 Å². The molecule has 0 aliphatic carbocycles. The molecule has 3 aromatic rings. The van der Waals surface area contributed by atoms with Gasteiger partial charge >= 0.3 is 5.63 Å². The molecule has 0 radical (unpaired) electrons. The second kappa shape index (κ2) is 6.09. The van der Waals surface area contributed by atoms with Gasteiger partial charge in [0.05, 0.1) is 0 Å². The maximum Gasteiger partial charge on any atom is 0.336 e. The highest BCUT2D eigenvalue weighted by atomic mass is 16.5. The first kappa shape index (κ1) is 13.2. The third-order valence-corrected chi connectivity index (χ3v) is 3.05. The molecule has 0 saturated carbocycles. The molecule has 0 saturated heterocycles. The van der Waals surface area contributed by atoms with Crippen molar-refractivity contribution in [2.45, 2.75) is 0 Å². The van der Waals surface area contributed by atoms with E-state index in [1.54, 1.807) is 12.1 Å². The first-order valence-electron chi connectivity index (χ1n) is 6.69. The van der Waals surface area contributed by atoms with E-state index in [0.717, 1.165) is 10.9 Å². The summed E-state index contributed by atoms with van der Waals surface area (Å²) >= 11 is 0. The lowest BCUT2D eigenvalue weighted by atomic mass is 10.2. The third-order valence-electron chi connectivity index (χ3n) is 3.05. The molecule has 0 aliphatic rings. The predicted molar refractivity (Wildman–Crippen MR) is 83.5 cm³/mol. The second-order valence-electron chi connectivity index (χ2n) is 4.58. The van der Waals surface area contributed by atoms with Crippen LogP contribution in [0.4, 0.5) is 0 Å². The zero-order valence-corrected chi connectivity index (χ0v) is 11.4. The lowest BCUT2D eigenvalue weighted by Gasteiger charge is -2.04. The van der Waals surface area contributed by atoms with E-state index in [1.165, 1.54) is 6.07 Å². The average Bonchev–Trinajstić information content (AvgIpc) is 2.52. The highest BCUT2D eigenvalue weighted by Crippen LogP contribution is 2.19. The van der Waals surface area contributed by atoms with Crippen molar-refractivity contribution in [3.05, 3.63) is 82.7 Å². The SMILES string of the molecule is O=c1ccc2ccc(OC/C=C/c3ccccc3)cc2o1. The molecule has 0 atom stereocenters. The van der Waals surface area contributed by atoms with Crippen LogP contribution in [0.15, 0.2) is 76.0 Å². The van der Waals surface area contributed by atoms with Gasteiger partial charge in [-0.05, 0) is 29.8 Å². The van der Waals surface area contributed by atoms with E-state index in [4.69, 9.17) is 9.15 Å². The highest BCUT2D eigenvalue weighted by Gasteiger charge is 1.99. The van der Waals surface area contributed by atoms with Crippen molar-refractivity contribution in [3.8, 4) is 5.75 Å². The molecular weight excluding hydrogens is 264 g/mol. The molecule has 3 nitrogen and oxygen atoms in total. The molecule has 0 amide bonds. The Bertz CT molecular complexity index is 816. The molecule has 0 aliphatic heterocycles. The van der Waals surface area contributed by atoms with Crippen LogP contribution in [0.3, 0.4) is 0 Å². The monoisotopic (exact) mass is 278 g/mol. The molecule has 0 bridgehead atoms. The van der Waals surface area contributed by atoms with E-state index in [0.29, 0.717) is 17.9 Å². The summed E-state index contributed by atoms with van der Waals surface area (Å²) in [4.78, 5) is 11.2. The molecule has 0 N–H and O–H groups in total. The summed E-state index contributed by atoms with van der Waals surface area (Å²) in [5.41, 5.74) is 1.31. The van der Waals surface area contributed by atoms with Crippen molar-refractivity contribution in [2.75, 3.05) is 6.61 Å². The fraction of sp³-hybridized carbons (Fsp3) is 0.0556. The van der Waals surface area contributed by atoms with Crippen LogP contribution < -0.4 is 10.4 Å². The van der Waals surface area contributed by atoms with E-state index in [-0.39, 0.29) is 5.63 Å². The Hall–Kier alpha value is -2.81. The second-order valence-corrected chi connectivity index (χ2v) is 4.58. The fourth-order valence-corrected chi connectivity index (χ4v) is 2.02. The van der Waals surface area contributed by atoms with Crippen LogP contribution in [-0.4, -0.2) is 6.61 Å². The van der Waals surface area contributed by atoms with Crippen molar-refractivity contribution < 1.29 is 9.15 Å². The van der Waals surface area contributed by atoms with Crippen molar-refractivity contribution in [3.63, 3.8) is 0 Å². The summed E-state index contributed by atoms with van der Waals surface area (Å²) in [6, 6.07) is 18.6. The van der Waals surface area contributed by atoms with E-state index in [2.05, 4.69) is 0 Å². The van der Waals surface area contributed by atoms with E-state index in [9.17, 15) is 4.79 Å². The molecule has 1 heterocycles. The highest BCUT2D eigenvalue weighted by molar-refractivity contribution is 5.77. The summed E-state index contributed by atoms with van der Waals surface area (Å²) in [5, 5.41) is 0.877. The quantitative estimate of drug-likeness (QED) is 0.680. The Morgan fingerprint density at radius 2 is 1.81 bits per heavy atom. The number of ether oxygens (including phenoxy) is 1. The molecule has 0 unspecified atom stereocenters. The number of fused-ring (bicyclic) bond motifs is 1. The molecule has 3 rings (SSSR count). The average molecular weight is 278 g/mol. The van der Waals surface area contributed by atoms with Gasteiger partial charge in [0.25, 0.3) is 0 Å². The summed E-state index contributed by atoms with van der Waals surface area (Å²) < 4.78 is 10.8. The molecule has 3 heteroatoms. The number of rotatable bonds is 4. The Morgan fingerprint density at radius 3 is 2.67 bits per heavy atom. The molecule has 104 valence electrons. The minimum atomic E-state index is -0.358. The molecule has 0 spiro atoms. The van der Waals surface area contributed by atoms with Gasteiger partial charge in [-0.2, -0.15) is 0 Å². The van der Waals surface area contributed by atoms with Gasteiger partial charge in [-0.1, -0.05) is 36.4 Å². The normalized spacial score (nSPS) is 11.0. The largest absolute Gasteiger partial charge is 0.489 e. The molecular formula is C18H14O3. The van der Waals surface area contributed by atoms with Gasteiger partial charge in [0.15, 0.2) is 0 Å². The summed E-state index contributed by atoms with van der Waals surface area (Å²) in [6.45, 7) is 0.456. The van der Waals surface area contributed by atoms with Gasteiger partial charge in [-0.15, -0.1) is 0 Å². The Morgan fingerprint density at radius 1 is 1.00 bits per heavy atom. The van der Waals surface area contributed by atoms with Crippen molar-refractivity contribution in [1.82, 2.24) is 0 Å². The smallest absolute Gasteiger partial charge is 0.336 e. The van der Waals surface area contributed by atoms with E-state index >= 15 is 0 Å².